The summed E-state index contributed by atoms with van der Waals surface area (Å²) in [5, 5.41) is 5.51. The van der Waals surface area contributed by atoms with Crippen LogP contribution in [-0.2, 0) is 4.79 Å². The second-order valence-corrected chi connectivity index (χ2v) is 6.97. The summed E-state index contributed by atoms with van der Waals surface area (Å²) in [5.74, 6) is 1.13. The summed E-state index contributed by atoms with van der Waals surface area (Å²) in [6.45, 7) is 3.20. The van der Waals surface area contributed by atoms with Gasteiger partial charge in [0.25, 0.3) is 0 Å². The van der Waals surface area contributed by atoms with E-state index in [1.54, 1.807) is 11.3 Å². The molecule has 0 spiro atoms. The smallest absolute Gasteiger partial charge is 0.223 e. The van der Waals surface area contributed by atoms with Crippen LogP contribution < -0.4 is 5.32 Å². The first-order valence-corrected chi connectivity index (χ1v) is 8.76. The number of rotatable bonds is 4. The molecule has 1 amide bonds. The van der Waals surface area contributed by atoms with Crippen LogP contribution in [0.2, 0.25) is 0 Å². The van der Waals surface area contributed by atoms with Gasteiger partial charge in [-0.25, -0.2) is 0 Å². The van der Waals surface area contributed by atoms with Gasteiger partial charge in [0.05, 0.1) is 6.04 Å². The molecule has 2 saturated heterocycles. The van der Waals surface area contributed by atoms with E-state index in [2.05, 4.69) is 27.7 Å². The number of hydrogen-bond acceptors (Lipinski definition) is 3. The van der Waals surface area contributed by atoms with Crippen LogP contribution in [0.5, 0.6) is 0 Å². The molecule has 0 bridgehead atoms. The molecule has 0 aromatic carbocycles. The Morgan fingerprint density at radius 3 is 2.95 bits per heavy atom. The molecule has 110 valence electrons. The molecule has 4 heteroatoms. The molecule has 2 aliphatic heterocycles. The van der Waals surface area contributed by atoms with Gasteiger partial charge in [-0.2, -0.15) is 0 Å². The number of likely N-dealkylation sites (tertiary alicyclic amines) is 1. The fraction of sp³-hybridized carbons (Fsp3) is 0.688. The van der Waals surface area contributed by atoms with Gasteiger partial charge in [0.2, 0.25) is 5.91 Å². The first kappa shape index (κ1) is 14.1. The second kappa shape index (κ2) is 6.72. The fourth-order valence-electron chi connectivity index (χ4n) is 3.48. The molecule has 3 nitrogen and oxygen atoms in total. The summed E-state index contributed by atoms with van der Waals surface area (Å²) in [7, 11) is 0. The van der Waals surface area contributed by atoms with Crippen molar-refractivity contribution in [1.29, 1.82) is 0 Å². The third kappa shape index (κ3) is 3.23. The van der Waals surface area contributed by atoms with E-state index in [4.69, 9.17) is 0 Å². The standard InChI is InChI=1S/C16H24N2OS/c19-16(6-5-13-7-9-17-10-8-13)18-11-1-3-14(18)15-4-2-12-20-15/h2,4,12-14,17H,1,3,5-11H2. The SMILES string of the molecule is O=C(CCC1CCNCC1)N1CCCC1c1cccs1. The topological polar surface area (TPSA) is 32.3 Å². The van der Waals surface area contributed by atoms with E-state index in [9.17, 15) is 4.79 Å². The molecule has 2 fully saturated rings. The monoisotopic (exact) mass is 292 g/mol. The lowest BCUT2D eigenvalue weighted by atomic mass is 9.93. The molecule has 0 aliphatic carbocycles. The van der Waals surface area contributed by atoms with Crippen LogP contribution in [0.1, 0.15) is 49.4 Å². The van der Waals surface area contributed by atoms with Gasteiger partial charge >= 0.3 is 0 Å². The zero-order valence-corrected chi connectivity index (χ0v) is 12.8. The number of nitrogens with one attached hydrogen (secondary N) is 1. The van der Waals surface area contributed by atoms with Crippen molar-refractivity contribution in [2.45, 2.75) is 44.6 Å². The molecule has 1 aromatic heterocycles. The largest absolute Gasteiger partial charge is 0.335 e. The van der Waals surface area contributed by atoms with Crippen molar-refractivity contribution in [1.82, 2.24) is 10.2 Å². The van der Waals surface area contributed by atoms with Crippen LogP contribution in [0.4, 0.5) is 0 Å². The lowest BCUT2D eigenvalue weighted by molar-refractivity contribution is -0.132. The van der Waals surface area contributed by atoms with Crippen molar-refractivity contribution in [3.63, 3.8) is 0 Å². The Morgan fingerprint density at radius 1 is 1.35 bits per heavy atom. The first-order chi connectivity index (χ1) is 9.84. The van der Waals surface area contributed by atoms with E-state index < -0.39 is 0 Å². The Morgan fingerprint density at radius 2 is 2.20 bits per heavy atom. The van der Waals surface area contributed by atoms with Gasteiger partial charge in [0.1, 0.15) is 0 Å². The van der Waals surface area contributed by atoms with Crippen molar-refractivity contribution in [2.24, 2.45) is 5.92 Å². The minimum atomic E-state index is 0.357. The Balaban J connectivity index is 1.53. The Kier molecular flexibility index (Phi) is 4.73. The molecule has 1 atom stereocenters. The molecule has 0 radical (unpaired) electrons. The average molecular weight is 292 g/mol. The number of amides is 1. The van der Waals surface area contributed by atoms with E-state index in [1.807, 2.05) is 0 Å². The number of thiophene rings is 1. The van der Waals surface area contributed by atoms with Gasteiger partial charge < -0.3 is 10.2 Å². The van der Waals surface area contributed by atoms with Crippen molar-refractivity contribution < 1.29 is 4.79 Å². The molecule has 3 heterocycles. The molecule has 2 aliphatic rings. The maximum Gasteiger partial charge on any atom is 0.223 e. The molecular formula is C16H24N2OS. The zero-order chi connectivity index (χ0) is 13.8. The zero-order valence-electron chi connectivity index (χ0n) is 12.0. The molecule has 20 heavy (non-hydrogen) atoms. The summed E-state index contributed by atoms with van der Waals surface area (Å²) >= 11 is 1.79. The number of piperidine rings is 1. The number of carbonyl (C=O) groups is 1. The van der Waals surface area contributed by atoms with Gasteiger partial charge in [0, 0.05) is 17.8 Å². The van der Waals surface area contributed by atoms with E-state index in [1.165, 1.54) is 17.7 Å². The number of carbonyl (C=O) groups excluding carboxylic acids is 1. The summed E-state index contributed by atoms with van der Waals surface area (Å²) in [4.78, 5) is 16.0. The van der Waals surface area contributed by atoms with Crippen LogP contribution in [0.15, 0.2) is 17.5 Å². The van der Waals surface area contributed by atoms with Crippen molar-refractivity contribution in [3.8, 4) is 0 Å². The van der Waals surface area contributed by atoms with E-state index >= 15 is 0 Å². The van der Waals surface area contributed by atoms with Crippen molar-refractivity contribution in [2.75, 3.05) is 19.6 Å². The minimum absolute atomic E-state index is 0.357. The molecule has 1 unspecified atom stereocenters. The molecule has 0 saturated carbocycles. The summed E-state index contributed by atoms with van der Waals surface area (Å²) in [6.07, 6.45) is 6.59. The van der Waals surface area contributed by atoms with Crippen LogP contribution in [-0.4, -0.2) is 30.4 Å². The van der Waals surface area contributed by atoms with Crippen molar-refractivity contribution >= 4 is 17.2 Å². The van der Waals surface area contributed by atoms with Crippen LogP contribution in [0.25, 0.3) is 0 Å². The predicted octanol–water partition coefficient (Wildman–Crippen LogP) is 3.19. The number of hydrogen-bond donors (Lipinski definition) is 1. The van der Waals surface area contributed by atoms with E-state index in [0.717, 1.165) is 51.2 Å². The Hall–Kier alpha value is -0.870. The van der Waals surface area contributed by atoms with E-state index in [-0.39, 0.29) is 0 Å². The average Bonchev–Trinajstić information content (AvgIpc) is 3.15. The summed E-state index contributed by atoms with van der Waals surface area (Å²) < 4.78 is 0. The third-order valence-electron chi connectivity index (χ3n) is 4.67. The van der Waals surface area contributed by atoms with Gasteiger partial charge in [-0.1, -0.05) is 6.07 Å². The van der Waals surface area contributed by atoms with Gasteiger partial charge in [0.15, 0.2) is 0 Å². The van der Waals surface area contributed by atoms with Gasteiger partial charge in [-0.05, 0) is 62.6 Å². The first-order valence-electron chi connectivity index (χ1n) is 7.88. The summed E-state index contributed by atoms with van der Waals surface area (Å²) in [6, 6.07) is 4.62. The van der Waals surface area contributed by atoms with Crippen LogP contribution in [0, 0.1) is 5.92 Å². The highest BCUT2D eigenvalue weighted by Gasteiger charge is 2.30. The second-order valence-electron chi connectivity index (χ2n) is 5.99. The number of nitrogens with zero attached hydrogens (tertiary/aromatic N) is 1. The highest BCUT2D eigenvalue weighted by Crippen LogP contribution is 2.35. The van der Waals surface area contributed by atoms with E-state index in [0.29, 0.717) is 11.9 Å². The third-order valence-corrected chi connectivity index (χ3v) is 5.64. The Labute approximate surface area is 125 Å². The highest BCUT2D eigenvalue weighted by atomic mass is 32.1. The molecule has 1 aromatic rings. The van der Waals surface area contributed by atoms with Crippen molar-refractivity contribution in [3.05, 3.63) is 22.4 Å². The molecule has 3 rings (SSSR count). The fourth-order valence-corrected chi connectivity index (χ4v) is 4.36. The van der Waals surface area contributed by atoms with Gasteiger partial charge in [-0.15, -0.1) is 11.3 Å². The normalized spacial score (nSPS) is 24.2. The highest BCUT2D eigenvalue weighted by molar-refractivity contribution is 7.10. The Bertz CT molecular complexity index is 426. The maximum atomic E-state index is 12.5. The summed E-state index contributed by atoms with van der Waals surface area (Å²) in [5.41, 5.74) is 0. The van der Waals surface area contributed by atoms with Crippen LogP contribution in [0.3, 0.4) is 0 Å². The maximum absolute atomic E-state index is 12.5. The lowest BCUT2D eigenvalue weighted by Crippen LogP contribution is -2.32. The minimum Gasteiger partial charge on any atom is -0.335 e. The molecule has 1 N–H and O–H groups in total. The lowest BCUT2D eigenvalue weighted by Gasteiger charge is -2.26. The molecular weight excluding hydrogens is 268 g/mol. The van der Waals surface area contributed by atoms with Gasteiger partial charge in [-0.3, -0.25) is 4.79 Å². The van der Waals surface area contributed by atoms with Crippen LogP contribution >= 0.6 is 11.3 Å². The predicted molar refractivity (Wildman–Crippen MR) is 82.8 cm³/mol. The quantitative estimate of drug-likeness (QED) is 0.924.